The molecule has 0 radical (unpaired) electrons. The maximum atomic E-state index is 12.0. The van der Waals surface area contributed by atoms with Crippen molar-refractivity contribution in [3.63, 3.8) is 0 Å². The van der Waals surface area contributed by atoms with Crippen molar-refractivity contribution in [1.29, 1.82) is 0 Å². The van der Waals surface area contributed by atoms with Crippen LogP contribution in [0.4, 0.5) is 5.69 Å². The molecule has 2 aromatic heterocycles. The van der Waals surface area contributed by atoms with E-state index in [1.165, 1.54) is 12.4 Å². The molecule has 5 heteroatoms. The van der Waals surface area contributed by atoms with Gasteiger partial charge in [0.2, 0.25) is 5.91 Å². The Labute approximate surface area is 127 Å². The first-order valence-electron chi connectivity index (χ1n) is 7.13. The molecule has 3 aromatic rings. The number of benzene rings is 1. The number of hydrogen-bond acceptors (Lipinski definition) is 2. The average Bonchev–Trinajstić information content (AvgIpc) is 2.98. The van der Waals surface area contributed by atoms with E-state index in [2.05, 4.69) is 16.4 Å². The van der Waals surface area contributed by atoms with Crippen molar-refractivity contribution in [2.45, 2.75) is 19.3 Å². The highest BCUT2D eigenvalue weighted by molar-refractivity contribution is 6.08. The third kappa shape index (κ3) is 1.72. The van der Waals surface area contributed by atoms with Gasteiger partial charge in [-0.3, -0.25) is 4.79 Å². The molecule has 3 heterocycles. The molecule has 5 nitrogen and oxygen atoms in total. The fraction of sp³-hybridized carbons (Fsp3) is 0.176. The van der Waals surface area contributed by atoms with Gasteiger partial charge in [0, 0.05) is 40.0 Å². The van der Waals surface area contributed by atoms with Crippen molar-refractivity contribution in [3.8, 4) is 11.3 Å². The minimum Gasteiger partial charge on any atom is -0.619 e. The van der Waals surface area contributed by atoms with Crippen molar-refractivity contribution in [2.24, 2.45) is 0 Å². The number of anilines is 1. The van der Waals surface area contributed by atoms with Gasteiger partial charge in [0.15, 0.2) is 12.4 Å². The molecule has 110 valence electrons. The normalized spacial score (nSPS) is 15.8. The second kappa shape index (κ2) is 4.10. The Balaban J connectivity index is 1.87. The van der Waals surface area contributed by atoms with E-state index >= 15 is 0 Å². The van der Waals surface area contributed by atoms with Crippen LogP contribution in [-0.4, -0.2) is 10.9 Å². The van der Waals surface area contributed by atoms with Crippen LogP contribution in [0.5, 0.6) is 0 Å². The Bertz CT molecular complexity index is 908. The van der Waals surface area contributed by atoms with Gasteiger partial charge >= 0.3 is 0 Å². The zero-order valence-electron chi connectivity index (χ0n) is 12.3. The molecule has 1 amide bonds. The summed E-state index contributed by atoms with van der Waals surface area (Å²) in [7, 11) is 0. The van der Waals surface area contributed by atoms with Crippen LogP contribution in [0, 0.1) is 5.21 Å². The number of rotatable bonds is 1. The molecule has 0 spiro atoms. The van der Waals surface area contributed by atoms with Gasteiger partial charge in [-0.15, -0.1) is 0 Å². The van der Waals surface area contributed by atoms with Crippen LogP contribution in [0.25, 0.3) is 22.2 Å². The molecule has 2 N–H and O–H groups in total. The molecule has 0 saturated carbocycles. The van der Waals surface area contributed by atoms with Crippen LogP contribution < -0.4 is 10.0 Å². The van der Waals surface area contributed by atoms with Gasteiger partial charge in [-0.2, -0.15) is 4.73 Å². The standard InChI is InChI=1S/C17H15N3O2/c1-17(2)12-7-11-8-13(10-3-5-20(22)6-4-10)18-14(11)9-15(12)19-16(17)21/h3-9,18H,1-2H3,(H,19,21). The Morgan fingerprint density at radius 1 is 1.14 bits per heavy atom. The number of aromatic nitrogens is 2. The lowest BCUT2D eigenvalue weighted by Crippen LogP contribution is -2.26. The third-order valence-electron chi connectivity index (χ3n) is 4.36. The number of pyridine rings is 1. The molecule has 1 aliphatic rings. The van der Waals surface area contributed by atoms with E-state index in [0.29, 0.717) is 0 Å². The molecular formula is C17H15N3O2. The van der Waals surface area contributed by atoms with Crippen molar-refractivity contribution in [1.82, 2.24) is 4.98 Å². The SMILES string of the molecule is CC1(C)C(=O)Nc2cc3[nH]c(-c4cc[n+]([O-])cc4)cc3cc21. The Kier molecular flexibility index (Phi) is 2.40. The predicted molar refractivity (Wildman–Crippen MR) is 84.4 cm³/mol. The smallest absolute Gasteiger partial charge is 0.234 e. The van der Waals surface area contributed by atoms with Crippen molar-refractivity contribution >= 4 is 22.5 Å². The number of fused-ring (bicyclic) bond motifs is 2. The summed E-state index contributed by atoms with van der Waals surface area (Å²) in [5.74, 6) is 0.0263. The van der Waals surface area contributed by atoms with Crippen molar-refractivity contribution in [3.05, 3.63) is 53.5 Å². The first kappa shape index (κ1) is 12.9. The molecule has 0 fully saturated rings. The predicted octanol–water partition coefficient (Wildman–Crippen LogP) is 2.70. The summed E-state index contributed by atoms with van der Waals surface area (Å²) in [6.45, 7) is 3.86. The number of carbonyl (C=O) groups excluding carboxylic acids is 1. The quantitative estimate of drug-likeness (QED) is 0.535. The van der Waals surface area contributed by atoms with Crippen LogP contribution in [0.2, 0.25) is 0 Å². The number of nitrogens with one attached hydrogen (secondary N) is 2. The van der Waals surface area contributed by atoms with E-state index in [1.807, 2.05) is 26.0 Å². The Morgan fingerprint density at radius 2 is 1.86 bits per heavy atom. The van der Waals surface area contributed by atoms with E-state index in [-0.39, 0.29) is 5.91 Å². The van der Waals surface area contributed by atoms with Gasteiger partial charge in [0.1, 0.15) is 0 Å². The van der Waals surface area contributed by atoms with Crippen LogP contribution >= 0.6 is 0 Å². The molecule has 0 aliphatic carbocycles. The van der Waals surface area contributed by atoms with Gasteiger partial charge < -0.3 is 15.5 Å². The van der Waals surface area contributed by atoms with Crippen LogP contribution in [-0.2, 0) is 10.2 Å². The molecule has 0 unspecified atom stereocenters. The summed E-state index contributed by atoms with van der Waals surface area (Å²) in [5.41, 5.74) is 4.23. The molecule has 0 atom stereocenters. The molecular weight excluding hydrogens is 278 g/mol. The molecule has 1 aromatic carbocycles. The van der Waals surface area contributed by atoms with Gasteiger partial charge in [-0.25, -0.2) is 0 Å². The van der Waals surface area contributed by atoms with E-state index in [9.17, 15) is 10.0 Å². The highest BCUT2D eigenvalue weighted by Gasteiger charge is 2.38. The monoisotopic (exact) mass is 293 g/mol. The van der Waals surface area contributed by atoms with Gasteiger partial charge in [-0.1, -0.05) is 0 Å². The Hall–Kier alpha value is -2.82. The summed E-state index contributed by atoms with van der Waals surface area (Å²) < 4.78 is 0.763. The maximum absolute atomic E-state index is 12.0. The van der Waals surface area contributed by atoms with Crippen LogP contribution in [0.1, 0.15) is 19.4 Å². The van der Waals surface area contributed by atoms with E-state index < -0.39 is 5.41 Å². The van der Waals surface area contributed by atoms with Crippen molar-refractivity contribution < 1.29 is 9.52 Å². The fourth-order valence-electron chi connectivity index (χ4n) is 2.95. The van der Waals surface area contributed by atoms with E-state index in [0.717, 1.165) is 38.1 Å². The second-order valence-electron chi connectivity index (χ2n) is 6.19. The minimum absolute atomic E-state index is 0.0263. The molecule has 0 saturated heterocycles. The summed E-state index contributed by atoms with van der Waals surface area (Å²) in [5, 5.41) is 15.1. The first-order valence-corrected chi connectivity index (χ1v) is 7.13. The van der Waals surface area contributed by atoms with E-state index in [1.54, 1.807) is 12.1 Å². The zero-order valence-corrected chi connectivity index (χ0v) is 12.3. The molecule has 22 heavy (non-hydrogen) atoms. The van der Waals surface area contributed by atoms with Crippen LogP contribution in [0.3, 0.4) is 0 Å². The van der Waals surface area contributed by atoms with E-state index in [4.69, 9.17) is 0 Å². The molecule has 0 bridgehead atoms. The second-order valence-corrected chi connectivity index (χ2v) is 6.19. The van der Waals surface area contributed by atoms with Gasteiger partial charge in [0.05, 0.1) is 5.41 Å². The minimum atomic E-state index is -0.512. The fourth-order valence-corrected chi connectivity index (χ4v) is 2.95. The van der Waals surface area contributed by atoms with Crippen LogP contribution in [0.15, 0.2) is 42.7 Å². The number of nitrogens with zero attached hydrogens (tertiary/aromatic N) is 1. The van der Waals surface area contributed by atoms with Gasteiger partial charge in [-0.05, 0) is 37.6 Å². The largest absolute Gasteiger partial charge is 0.619 e. The number of carbonyl (C=O) groups is 1. The summed E-state index contributed by atoms with van der Waals surface area (Å²) in [6.07, 6.45) is 2.95. The lowest BCUT2D eigenvalue weighted by Gasteiger charge is -2.14. The zero-order chi connectivity index (χ0) is 15.5. The highest BCUT2D eigenvalue weighted by atomic mass is 16.5. The topological polar surface area (TPSA) is 71.8 Å². The molecule has 4 rings (SSSR count). The number of hydrogen-bond donors (Lipinski definition) is 2. The highest BCUT2D eigenvalue weighted by Crippen LogP contribution is 2.40. The summed E-state index contributed by atoms with van der Waals surface area (Å²) >= 11 is 0. The summed E-state index contributed by atoms with van der Waals surface area (Å²) in [6, 6.07) is 9.62. The average molecular weight is 293 g/mol. The van der Waals surface area contributed by atoms with Gasteiger partial charge in [0.25, 0.3) is 0 Å². The maximum Gasteiger partial charge on any atom is 0.234 e. The summed E-state index contributed by atoms with van der Waals surface area (Å²) in [4.78, 5) is 15.4. The van der Waals surface area contributed by atoms with Crippen molar-refractivity contribution in [2.75, 3.05) is 5.32 Å². The lowest BCUT2D eigenvalue weighted by atomic mass is 9.86. The molecule has 1 aliphatic heterocycles. The first-order chi connectivity index (χ1) is 10.4. The number of H-pyrrole nitrogens is 1. The lowest BCUT2D eigenvalue weighted by molar-refractivity contribution is -0.605. The number of aromatic amines is 1. The third-order valence-corrected chi connectivity index (χ3v) is 4.36. The Morgan fingerprint density at radius 3 is 2.59 bits per heavy atom. The number of amides is 1.